The summed E-state index contributed by atoms with van der Waals surface area (Å²) in [5.74, 6) is -4.85. The lowest BCUT2D eigenvalue weighted by molar-refractivity contribution is -0.142. The van der Waals surface area contributed by atoms with E-state index < -0.39 is 65.8 Å². The van der Waals surface area contributed by atoms with E-state index in [0.717, 1.165) is 0 Å². The van der Waals surface area contributed by atoms with Gasteiger partial charge in [-0.2, -0.15) is 0 Å². The number of primary amides is 1. The van der Waals surface area contributed by atoms with Crippen LogP contribution in [0.25, 0.3) is 0 Å². The highest BCUT2D eigenvalue weighted by atomic mass is 16.4. The summed E-state index contributed by atoms with van der Waals surface area (Å²) in [6.07, 6.45) is 1.12. The number of aliphatic carboxylic acids is 1. The summed E-state index contributed by atoms with van der Waals surface area (Å²) >= 11 is 0. The van der Waals surface area contributed by atoms with E-state index in [4.69, 9.17) is 11.5 Å². The molecule has 14 nitrogen and oxygen atoms in total. The fourth-order valence-corrected chi connectivity index (χ4v) is 2.91. The van der Waals surface area contributed by atoms with E-state index >= 15 is 0 Å². The Morgan fingerprint density at radius 3 is 2.12 bits per heavy atom. The molecule has 0 bridgehead atoms. The number of hydrogen-bond donors (Lipinski definition) is 8. The number of carboxylic acids is 1. The number of H-pyrrole nitrogens is 1. The molecule has 0 aliphatic rings. The molecule has 14 heteroatoms. The summed E-state index contributed by atoms with van der Waals surface area (Å²) in [4.78, 5) is 67.3. The number of rotatable bonds is 14. The molecular formula is C20H33N7O7. The average Bonchev–Trinajstić information content (AvgIpc) is 3.25. The Balaban J connectivity index is 2.96. The first-order chi connectivity index (χ1) is 15.8. The van der Waals surface area contributed by atoms with Gasteiger partial charge in [-0.25, -0.2) is 9.78 Å². The van der Waals surface area contributed by atoms with Crippen molar-refractivity contribution >= 4 is 29.6 Å². The van der Waals surface area contributed by atoms with E-state index in [1.54, 1.807) is 13.8 Å². The van der Waals surface area contributed by atoms with Gasteiger partial charge < -0.3 is 42.6 Å². The van der Waals surface area contributed by atoms with Crippen LogP contribution < -0.4 is 27.4 Å². The Hall–Kier alpha value is -3.52. The molecule has 0 aliphatic heterocycles. The first-order valence-electron chi connectivity index (χ1n) is 10.7. The number of nitrogens with zero attached hydrogens (tertiary/aromatic N) is 1. The van der Waals surface area contributed by atoms with Crippen LogP contribution in [0.3, 0.4) is 0 Å². The van der Waals surface area contributed by atoms with Crippen molar-refractivity contribution in [2.24, 2.45) is 17.4 Å². The van der Waals surface area contributed by atoms with Crippen LogP contribution in [0.4, 0.5) is 0 Å². The molecule has 0 spiro atoms. The number of aliphatic hydroxyl groups is 1. The highest BCUT2D eigenvalue weighted by Gasteiger charge is 2.32. The standard InChI is InChI=1S/C20H33N7O7/c1-9(2)16(19(32)26-13(20(33)34)6-11-7-23-8-24-11)27-17(30)12(4-5-14(21)29)25-18(31)15(22)10(3)28/h7-10,12-13,15-16,28H,4-6,22H2,1-3H3,(H2,21,29)(H,23,24)(H,25,31)(H,26,32)(H,27,30)(H,33,34). The first kappa shape index (κ1) is 28.5. The van der Waals surface area contributed by atoms with Crippen LogP contribution in [0.15, 0.2) is 12.5 Å². The minimum absolute atomic E-state index is 0.0611. The topological polar surface area (TPSA) is 243 Å². The van der Waals surface area contributed by atoms with Gasteiger partial charge in [-0.1, -0.05) is 13.8 Å². The van der Waals surface area contributed by atoms with E-state index in [0.29, 0.717) is 5.69 Å². The lowest BCUT2D eigenvalue weighted by Crippen LogP contribution is -2.59. The van der Waals surface area contributed by atoms with Gasteiger partial charge in [0.1, 0.15) is 24.2 Å². The van der Waals surface area contributed by atoms with E-state index in [2.05, 4.69) is 25.9 Å². The number of amides is 4. The molecule has 0 aliphatic carbocycles. The lowest BCUT2D eigenvalue weighted by Gasteiger charge is -2.27. The van der Waals surface area contributed by atoms with E-state index in [1.165, 1.54) is 19.4 Å². The second-order valence-electron chi connectivity index (χ2n) is 8.24. The average molecular weight is 484 g/mol. The highest BCUT2D eigenvalue weighted by Crippen LogP contribution is 2.07. The van der Waals surface area contributed by atoms with Crippen molar-refractivity contribution in [1.29, 1.82) is 0 Å². The lowest BCUT2D eigenvalue weighted by atomic mass is 10.0. The van der Waals surface area contributed by atoms with Crippen molar-refractivity contribution < 1.29 is 34.2 Å². The molecule has 190 valence electrons. The van der Waals surface area contributed by atoms with Gasteiger partial charge >= 0.3 is 5.97 Å². The molecule has 1 aromatic rings. The van der Waals surface area contributed by atoms with Crippen LogP contribution in [0, 0.1) is 5.92 Å². The number of aromatic nitrogens is 2. The molecule has 1 heterocycles. The zero-order valence-corrected chi connectivity index (χ0v) is 19.3. The number of nitrogens with two attached hydrogens (primary N) is 2. The SMILES string of the molecule is CC(C)C(NC(=O)C(CCC(N)=O)NC(=O)C(N)C(C)O)C(=O)NC(Cc1cnc[nH]1)C(=O)O. The molecule has 5 unspecified atom stereocenters. The van der Waals surface area contributed by atoms with Crippen LogP contribution >= 0.6 is 0 Å². The molecule has 0 saturated carbocycles. The van der Waals surface area contributed by atoms with Crippen LogP contribution in [0.5, 0.6) is 0 Å². The van der Waals surface area contributed by atoms with Crippen molar-refractivity contribution in [2.75, 3.05) is 0 Å². The maximum absolute atomic E-state index is 12.9. The summed E-state index contributed by atoms with van der Waals surface area (Å²) < 4.78 is 0. The Labute approximate surface area is 196 Å². The Bertz CT molecular complexity index is 857. The van der Waals surface area contributed by atoms with Crippen LogP contribution in [-0.4, -0.2) is 80.1 Å². The zero-order chi connectivity index (χ0) is 26.0. The molecule has 4 amide bonds. The summed E-state index contributed by atoms with van der Waals surface area (Å²) in [6.45, 7) is 4.56. The van der Waals surface area contributed by atoms with Gasteiger partial charge in [0, 0.05) is 24.7 Å². The molecule has 0 saturated heterocycles. The Morgan fingerprint density at radius 1 is 1.03 bits per heavy atom. The number of aliphatic hydroxyl groups excluding tert-OH is 1. The van der Waals surface area contributed by atoms with Gasteiger partial charge in [0.25, 0.3) is 0 Å². The van der Waals surface area contributed by atoms with E-state index in [-0.39, 0.29) is 19.3 Å². The molecule has 10 N–H and O–H groups in total. The zero-order valence-electron chi connectivity index (χ0n) is 19.3. The van der Waals surface area contributed by atoms with Crippen molar-refractivity contribution in [3.63, 3.8) is 0 Å². The normalized spacial score (nSPS) is 15.5. The van der Waals surface area contributed by atoms with Crippen LogP contribution in [-0.2, 0) is 30.4 Å². The Kier molecular flexibility index (Phi) is 11.1. The van der Waals surface area contributed by atoms with Gasteiger partial charge in [-0.3, -0.25) is 19.2 Å². The van der Waals surface area contributed by atoms with Gasteiger partial charge in [0.2, 0.25) is 23.6 Å². The van der Waals surface area contributed by atoms with Crippen molar-refractivity contribution in [3.05, 3.63) is 18.2 Å². The number of carboxylic acid groups (broad SMARTS) is 1. The molecular weight excluding hydrogens is 450 g/mol. The predicted octanol–water partition coefficient (Wildman–Crippen LogP) is -2.88. The smallest absolute Gasteiger partial charge is 0.326 e. The van der Waals surface area contributed by atoms with E-state index in [9.17, 15) is 34.2 Å². The quantitative estimate of drug-likeness (QED) is 0.135. The largest absolute Gasteiger partial charge is 0.480 e. The fourth-order valence-electron chi connectivity index (χ4n) is 2.91. The number of carbonyl (C=O) groups excluding carboxylic acids is 4. The highest BCUT2D eigenvalue weighted by molar-refractivity contribution is 5.94. The molecule has 0 aromatic carbocycles. The van der Waals surface area contributed by atoms with Gasteiger partial charge in [0.15, 0.2) is 0 Å². The second-order valence-corrected chi connectivity index (χ2v) is 8.24. The van der Waals surface area contributed by atoms with Crippen molar-refractivity contribution in [1.82, 2.24) is 25.9 Å². The monoisotopic (exact) mass is 483 g/mol. The third-order valence-corrected chi connectivity index (χ3v) is 4.98. The first-order valence-corrected chi connectivity index (χ1v) is 10.7. The number of aromatic amines is 1. The maximum atomic E-state index is 12.9. The fraction of sp³-hybridized carbons (Fsp3) is 0.600. The summed E-state index contributed by atoms with van der Waals surface area (Å²) in [6, 6.07) is -5.05. The van der Waals surface area contributed by atoms with Crippen molar-refractivity contribution in [2.45, 2.75) is 70.3 Å². The van der Waals surface area contributed by atoms with Gasteiger partial charge in [0.05, 0.1) is 12.4 Å². The third kappa shape index (κ3) is 9.15. The molecule has 0 radical (unpaired) electrons. The third-order valence-electron chi connectivity index (χ3n) is 4.98. The number of carbonyl (C=O) groups is 5. The number of hydrogen-bond acceptors (Lipinski definition) is 8. The van der Waals surface area contributed by atoms with Crippen molar-refractivity contribution in [3.8, 4) is 0 Å². The number of nitrogens with one attached hydrogen (secondary N) is 4. The summed E-state index contributed by atoms with van der Waals surface area (Å²) in [5.41, 5.74) is 11.2. The minimum Gasteiger partial charge on any atom is -0.480 e. The second kappa shape index (κ2) is 13.3. The van der Waals surface area contributed by atoms with Crippen LogP contribution in [0.2, 0.25) is 0 Å². The van der Waals surface area contributed by atoms with E-state index in [1.807, 2.05) is 0 Å². The molecule has 1 aromatic heterocycles. The summed E-state index contributed by atoms with van der Waals surface area (Å²) in [7, 11) is 0. The van der Waals surface area contributed by atoms with Gasteiger partial charge in [-0.05, 0) is 19.3 Å². The Morgan fingerprint density at radius 2 is 1.65 bits per heavy atom. The van der Waals surface area contributed by atoms with Gasteiger partial charge in [-0.15, -0.1) is 0 Å². The van der Waals surface area contributed by atoms with Crippen LogP contribution in [0.1, 0.15) is 39.3 Å². The molecule has 0 fully saturated rings. The maximum Gasteiger partial charge on any atom is 0.326 e. The number of imidazole rings is 1. The minimum atomic E-state index is -1.33. The molecule has 1 rings (SSSR count). The summed E-state index contributed by atoms with van der Waals surface area (Å²) in [5, 5.41) is 26.2. The molecule has 34 heavy (non-hydrogen) atoms. The predicted molar refractivity (Wildman–Crippen MR) is 119 cm³/mol. The molecule has 5 atom stereocenters.